The average molecular weight is 901 g/mol. The Balaban J connectivity index is 3.42. The molecule has 0 fully saturated rings. The molecule has 0 aliphatic carbocycles. The Kier molecular flexibility index (Phi) is 52.1. The third-order valence-electron chi connectivity index (χ3n) is 12.9. The Hall–Kier alpha value is -1.92. The highest BCUT2D eigenvalue weighted by atomic mass is 16.5. The van der Waals surface area contributed by atoms with Crippen LogP contribution >= 0.6 is 0 Å². The lowest BCUT2D eigenvalue weighted by atomic mass is 10.0. The standard InChI is InChI=1S/C58H109NO5/c1-3-5-7-9-11-13-15-31-34-38-42-46-50-56(61)55(54-60)59-57(62)51-47-43-39-35-32-28-26-24-22-20-18-16-17-19-21-23-25-27-29-33-37-41-45-49-53-64-58(63)52-48-44-40-36-30-14-12-10-8-6-4-2/h10,12,18,20,46,50,55-56,60-61H,3-9,11,13-17,19,21-45,47-49,51-54H2,1-2H3,(H,59,62)/b12-10-,20-18-,50-46+. The van der Waals surface area contributed by atoms with E-state index in [-0.39, 0.29) is 18.5 Å². The number of hydrogen-bond donors (Lipinski definition) is 3. The highest BCUT2D eigenvalue weighted by Gasteiger charge is 2.18. The van der Waals surface area contributed by atoms with Crippen molar-refractivity contribution < 1.29 is 24.5 Å². The van der Waals surface area contributed by atoms with E-state index < -0.39 is 12.1 Å². The molecule has 0 radical (unpaired) electrons. The van der Waals surface area contributed by atoms with Crippen LogP contribution in [0.5, 0.6) is 0 Å². The first-order chi connectivity index (χ1) is 31.5. The van der Waals surface area contributed by atoms with Crippen LogP contribution in [0.1, 0.15) is 296 Å². The molecule has 6 heteroatoms. The van der Waals surface area contributed by atoms with Crippen LogP contribution in [0, 0.1) is 0 Å². The zero-order chi connectivity index (χ0) is 46.5. The maximum Gasteiger partial charge on any atom is 0.305 e. The summed E-state index contributed by atoms with van der Waals surface area (Å²) in [5, 5.41) is 23.0. The van der Waals surface area contributed by atoms with Gasteiger partial charge in [-0.15, -0.1) is 0 Å². The van der Waals surface area contributed by atoms with E-state index in [0.717, 1.165) is 44.9 Å². The van der Waals surface area contributed by atoms with Gasteiger partial charge in [0.15, 0.2) is 0 Å². The second-order valence-electron chi connectivity index (χ2n) is 19.3. The minimum atomic E-state index is -0.846. The Labute approximate surface area is 398 Å². The fraction of sp³-hybridized carbons (Fsp3) is 0.862. The minimum absolute atomic E-state index is 0.000418. The normalized spacial score (nSPS) is 12.9. The zero-order valence-corrected chi connectivity index (χ0v) is 42.8. The van der Waals surface area contributed by atoms with E-state index in [1.807, 2.05) is 6.08 Å². The predicted molar refractivity (Wildman–Crippen MR) is 278 cm³/mol. The monoisotopic (exact) mass is 900 g/mol. The quantitative estimate of drug-likeness (QED) is 0.0321. The average Bonchev–Trinajstić information content (AvgIpc) is 3.29. The molecule has 0 spiro atoms. The van der Waals surface area contributed by atoms with Gasteiger partial charge < -0.3 is 20.3 Å². The number of aliphatic hydroxyl groups is 2. The largest absolute Gasteiger partial charge is 0.466 e. The SMILES string of the molecule is CCCC/C=C\CCCCCCCC(=O)OCCCCCCCCCCCCCC/C=C\CCCCCCCCCCC(=O)NC(CO)C(O)/C=C/CCCCCCCCCCCC. The van der Waals surface area contributed by atoms with E-state index >= 15 is 0 Å². The molecule has 0 bridgehead atoms. The number of nitrogens with one attached hydrogen (secondary N) is 1. The maximum atomic E-state index is 12.4. The predicted octanol–water partition coefficient (Wildman–Crippen LogP) is 17.2. The van der Waals surface area contributed by atoms with Crippen molar-refractivity contribution in [1.29, 1.82) is 0 Å². The molecule has 64 heavy (non-hydrogen) atoms. The van der Waals surface area contributed by atoms with Gasteiger partial charge in [0.1, 0.15) is 0 Å². The van der Waals surface area contributed by atoms with E-state index in [2.05, 4.69) is 43.5 Å². The molecule has 0 aliphatic rings. The third kappa shape index (κ3) is 49.5. The highest BCUT2D eigenvalue weighted by Crippen LogP contribution is 2.16. The van der Waals surface area contributed by atoms with Gasteiger partial charge in [-0.2, -0.15) is 0 Å². The molecule has 0 saturated heterocycles. The molecule has 0 rings (SSSR count). The first-order valence-electron chi connectivity index (χ1n) is 28.3. The third-order valence-corrected chi connectivity index (χ3v) is 12.9. The van der Waals surface area contributed by atoms with Crippen molar-refractivity contribution in [3.63, 3.8) is 0 Å². The van der Waals surface area contributed by atoms with Crippen molar-refractivity contribution in [1.82, 2.24) is 5.32 Å². The Morgan fingerprint density at radius 1 is 0.422 bits per heavy atom. The number of carbonyl (C=O) groups excluding carboxylic acids is 2. The van der Waals surface area contributed by atoms with Crippen LogP contribution in [0.3, 0.4) is 0 Å². The van der Waals surface area contributed by atoms with Gasteiger partial charge in [0.25, 0.3) is 0 Å². The van der Waals surface area contributed by atoms with Crippen molar-refractivity contribution in [2.24, 2.45) is 0 Å². The lowest BCUT2D eigenvalue weighted by Crippen LogP contribution is -2.45. The van der Waals surface area contributed by atoms with E-state index in [9.17, 15) is 19.8 Å². The number of rotatable bonds is 52. The van der Waals surface area contributed by atoms with Crippen LogP contribution in [0.4, 0.5) is 0 Å². The number of amides is 1. The second kappa shape index (κ2) is 53.7. The number of carbonyl (C=O) groups is 2. The summed E-state index contributed by atoms with van der Waals surface area (Å²) in [6.07, 6.45) is 66.0. The maximum absolute atomic E-state index is 12.4. The first kappa shape index (κ1) is 62.1. The Morgan fingerprint density at radius 3 is 1.16 bits per heavy atom. The number of hydrogen-bond acceptors (Lipinski definition) is 5. The van der Waals surface area contributed by atoms with Crippen LogP contribution in [0.15, 0.2) is 36.5 Å². The van der Waals surface area contributed by atoms with Gasteiger partial charge in [-0.1, -0.05) is 243 Å². The van der Waals surface area contributed by atoms with Gasteiger partial charge in [0.2, 0.25) is 5.91 Å². The number of aliphatic hydroxyl groups excluding tert-OH is 2. The molecule has 0 saturated carbocycles. The highest BCUT2D eigenvalue weighted by molar-refractivity contribution is 5.76. The molecule has 0 aromatic carbocycles. The fourth-order valence-corrected chi connectivity index (χ4v) is 8.49. The lowest BCUT2D eigenvalue weighted by Gasteiger charge is -2.20. The molecule has 3 N–H and O–H groups in total. The van der Waals surface area contributed by atoms with Gasteiger partial charge >= 0.3 is 5.97 Å². The number of ether oxygens (including phenoxy) is 1. The summed E-state index contributed by atoms with van der Waals surface area (Å²) >= 11 is 0. The molecule has 1 amide bonds. The topological polar surface area (TPSA) is 95.9 Å². The molecular weight excluding hydrogens is 791 g/mol. The van der Waals surface area contributed by atoms with Gasteiger partial charge in [-0.25, -0.2) is 0 Å². The number of allylic oxidation sites excluding steroid dienone is 5. The molecule has 6 nitrogen and oxygen atoms in total. The Bertz CT molecular complexity index is 1040. The molecule has 0 aliphatic heterocycles. The molecule has 0 aromatic heterocycles. The van der Waals surface area contributed by atoms with Gasteiger partial charge in [-0.3, -0.25) is 9.59 Å². The van der Waals surface area contributed by atoms with Crippen LogP contribution < -0.4 is 5.32 Å². The van der Waals surface area contributed by atoms with Crippen molar-refractivity contribution in [3.05, 3.63) is 36.5 Å². The van der Waals surface area contributed by atoms with Gasteiger partial charge in [-0.05, 0) is 77.0 Å². The summed E-state index contributed by atoms with van der Waals surface area (Å²) in [5.74, 6) is -0.0730. The molecule has 2 atom stereocenters. The van der Waals surface area contributed by atoms with Gasteiger partial charge in [0, 0.05) is 12.8 Å². The summed E-state index contributed by atoms with van der Waals surface area (Å²) < 4.78 is 5.45. The van der Waals surface area contributed by atoms with Crippen LogP contribution in [0.25, 0.3) is 0 Å². The first-order valence-corrected chi connectivity index (χ1v) is 28.3. The van der Waals surface area contributed by atoms with E-state index in [4.69, 9.17) is 4.74 Å². The summed E-state index contributed by atoms with van der Waals surface area (Å²) in [6, 6.07) is -0.630. The van der Waals surface area contributed by atoms with E-state index in [1.54, 1.807) is 6.08 Å². The summed E-state index contributed by atoms with van der Waals surface area (Å²) in [7, 11) is 0. The smallest absolute Gasteiger partial charge is 0.305 e. The Morgan fingerprint density at radius 2 is 0.750 bits per heavy atom. The summed E-state index contributed by atoms with van der Waals surface area (Å²) in [6.45, 7) is 4.85. The van der Waals surface area contributed by atoms with E-state index in [1.165, 1.54) is 225 Å². The molecule has 2 unspecified atom stereocenters. The molecular formula is C58H109NO5. The lowest BCUT2D eigenvalue weighted by molar-refractivity contribution is -0.143. The summed E-state index contributed by atoms with van der Waals surface area (Å²) in [4.78, 5) is 24.4. The van der Waals surface area contributed by atoms with Crippen molar-refractivity contribution in [3.8, 4) is 0 Å². The van der Waals surface area contributed by atoms with Crippen molar-refractivity contribution in [2.45, 2.75) is 309 Å². The van der Waals surface area contributed by atoms with Crippen LogP contribution in [-0.2, 0) is 14.3 Å². The van der Waals surface area contributed by atoms with E-state index in [0.29, 0.717) is 19.4 Å². The zero-order valence-electron chi connectivity index (χ0n) is 42.8. The number of esters is 1. The summed E-state index contributed by atoms with van der Waals surface area (Å²) in [5.41, 5.74) is 0. The molecule has 0 aromatic rings. The minimum Gasteiger partial charge on any atom is -0.466 e. The molecule has 0 heterocycles. The number of unbranched alkanes of at least 4 members (excludes halogenated alkanes) is 37. The fourth-order valence-electron chi connectivity index (χ4n) is 8.49. The van der Waals surface area contributed by atoms with Crippen molar-refractivity contribution in [2.75, 3.05) is 13.2 Å². The molecule has 376 valence electrons. The van der Waals surface area contributed by atoms with Crippen molar-refractivity contribution >= 4 is 11.9 Å². The second-order valence-corrected chi connectivity index (χ2v) is 19.3. The van der Waals surface area contributed by atoms with Crippen LogP contribution in [0.2, 0.25) is 0 Å². The van der Waals surface area contributed by atoms with Crippen LogP contribution in [-0.4, -0.2) is 47.4 Å². The van der Waals surface area contributed by atoms with Gasteiger partial charge in [0.05, 0.1) is 25.4 Å².